The van der Waals surface area contributed by atoms with Crippen molar-refractivity contribution in [2.75, 3.05) is 18.2 Å². The highest BCUT2D eigenvalue weighted by atomic mass is 35.5. The van der Waals surface area contributed by atoms with Crippen molar-refractivity contribution in [1.29, 1.82) is 0 Å². The van der Waals surface area contributed by atoms with Gasteiger partial charge in [0.15, 0.2) is 11.6 Å². The number of rotatable bonds is 4. The molecule has 0 amide bonds. The minimum absolute atomic E-state index is 0.186. The molecule has 0 saturated carbocycles. The summed E-state index contributed by atoms with van der Waals surface area (Å²) in [5.41, 5.74) is 6.81. The van der Waals surface area contributed by atoms with Crippen LogP contribution in [0.25, 0.3) is 10.9 Å². The second kappa shape index (κ2) is 6.13. The van der Waals surface area contributed by atoms with Crippen LogP contribution in [-0.4, -0.2) is 22.1 Å². The molecule has 1 aromatic carbocycles. The van der Waals surface area contributed by atoms with Gasteiger partial charge in [0.05, 0.1) is 13.3 Å². The van der Waals surface area contributed by atoms with Gasteiger partial charge in [-0.05, 0) is 24.3 Å². The molecule has 0 aliphatic carbocycles. The van der Waals surface area contributed by atoms with Crippen molar-refractivity contribution < 1.29 is 4.74 Å². The number of aromatic nitrogens is 3. The number of H-pyrrole nitrogens is 1. The lowest BCUT2D eigenvalue weighted by Gasteiger charge is -2.08. The van der Waals surface area contributed by atoms with Crippen LogP contribution in [0, 0.1) is 0 Å². The zero-order chi connectivity index (χ0) is 16.4. The Kier molecular flexibility index (Phi) is 4.03. The van der Waals surface area contributed by atoms with Crippen LogP contribution in [0.5, 0.6) is 5.75 Å². The Labute approximate surface area is 136 Å². The maximum Gasteiger partial charge on any atom is 0.253 e. The Balaban J connectivity index is 1.85. The molecule has 0 unspecified atom stereocenters. The number of hydrogen-bond acceptors (Lipinski definition) is 6. The van der Waals surface area contributed by atoms with Crippen molar-refractivity contribution in [1.82, 2.24) is 15.0 Å². The molecular weight excluding hydrogens is 318 g/mol. The highest BCUT2D eigenvalue weighted by Gasteiger charge is 2.07. The largest absolute Gasteiger partial charge is 0.491 e. The fourth-order valence-electron chi connectivity index (χ4n) is 2.15. The molecule has 0 atom stereocenters. The summed E-state index contributed by atoms with van der Waals surface area (Å²) in [6.07, 6.45) is 1.47. The van der Waals surface area contributed by atoms with E-state index in [1.54, 1.807) is 24.3 Å². The third kappa shape index (κ3) is 3.19. The highest BCUT2D eigenvalue weighted by Crippen LogP contribution is 2.19. The van der Waals surface area contributed by atoms with Gasteiger partial charge in [0.25, 0.3) is 5.56 Å². The van der Waals surface area contributed by atoms with Crippen LogP contribution >= 0.6 is 11.6 Å². The average Bonchev–Trinajstić information content (AvgIpc) is 2.53. The van der Waals surface area contributed by atoms with Gasteiger partial charge >= 0.3 is 0 Å². The number of benzene rings is 1. The second-order valence-corrected chi connectivity index (χ2v) is 5.29. The third-order valence-electron chi connectivity index (χ3n) is 3.32. The molecule has 0 saturated heterocycles. The Morgan fingerprint density at radius 3 is 2.96 bits per heavy atom. The van der Waals surface area contributed by atoms with E-state index >= 15 is 0 Å². The number of aromatic amines is 1. The highest BCUT2D eigenvalue weighted by molar-refractivity contribution is 6.31. The molecule has 4 N–H and O–H groups in total. The molecule has 0 bridgehead atoms. The molecular formula is C15H14ClN5O2. The number of pyridine rings is 1. The number of nitrogens with zero attached hydrogens (tertiary/aromatic N) is 2. The first-order valence-electron chi connectivity index (χ1n) is 6.78. The zero-order valence-corrected chi connectivity index (χ0v) is 13.0. The maximum atomic E-state index is 12.1. The van der Waals surface area contributed by atoms with E-state index < -0.39 is 0 Å². The van der Waals surface area contributed by atoms with Crippen molar-refractivity contribution in [2.45, 2.75) is 6.54 Å². The van der Waals surface area contributed by atoms with Gasteiger partial charge in [-0.25, -0.2) is 4.98 Å². The number of nitrogens with one attached hydrogen (secondary N) is 2. The van der Waals surface area contributed by atoms with Crippen LogP contribution in [-0.2, 0) is 6.54 Å². The number of methoxy groups -OCH3 is 1. The van der Waals surface area contributed by atoms with Gasteiger partial charge in [-0.1, -0.05) is 11.6 Å². The Hall–Kier alpha value is -2.80. The summed E-state index contributed by atoms with van der Waals surface area (Å²) in [4.78, 5) is 23.0. The van der Waals surface area contributed by atoms with E-state index in [4.69, 9.17) is 22.1 Å². The normalized spacial score (nSPS) is 10.7. The smallest absolute Gasteiger partial charge is 0.253 e. The molecule has 118 valence electrons. The number of nitrogens with two attached hydrogens (primary N) is 1. The van der Waals surface area contributed by atoms with E-state index in [0.717, 1.165) is 10.9 Å². The summed E-state index contributed by atoms with van der Waals surface area (Å²) in [5.74, 6) is 0.937. The quantitative estimate of drug-likeness (QED) is 0.676. The van der Waals surface area contributed by atoms with Crippen molar-refractivity contribution in [2.24, 2.45) is 0 Å². The monoisotopic (exact) mass is 331 g/mol. The van der Waals surface area contributed by atoms with Gasteiger partial charge in [-0.2, -0.15) is 4.98 Å². The predicted molar refractivity (Wildman–Crippen MR) is 89.9 cm³/mol. The van der Waals surface area contributed by atoms with E-state index in [-0.39, 0.29) is 17.9 Å². The molecule has 0 radical (unpaired) electrons. The van der Waals surface area contributed by atoms with Crippen LogP contribution in [0.3, 0.4) is 0 Å². The minimum atomic E-state index is -0.186. The lowest BCUT2D eigenvalue weighted by Crippen LogP contribution is -2.16. The van der Waals surface area contributed by atoms with Gasteiger partial charge in [0.1, 0.15) is 0 Å². The zero-order valence-electron chi connectivity index (χ0n) is 12.3. The Morgan fingerprint density at radius 2 is 2.22 bits per heavy atom. The first-order chi connectivity index (χ1) is 11.1. The number of anilines is 2. The molecule has 8 heteroatoms. The van der Waals surface area contributed by atoms with E-state index in [0.29, 0.717) is 22.3 Å². The summed E-state index contributed by atoms with van der Waals surface area (Å²) in [7, 11) is 1.49. The number of hydrogen-bond donors (Lipinski definition) is 3. The summed E-state index contributed by atoms with van der Waals surface area (Å²) in [5, 5.41) is 4.42. The first-order valence-corrected chi connectivity index (χ1v) is 7.16. The van der Waals surface area contributed by atoms with Gasteiger partial charge < -0.3 is 20.8 Å². The average molecular weight is 332 g/mol. The molecule has 0 spiro atoms. The van der Waals surface area contributed by atoms with Gasteiger partial charge in [0, 0.05) is 28.0 Å². The molecule has 2 heterocycles. The standard InChI is InChI=1S/C15H14ClN5O2/c1-23-12-7-19-15(21-13(12)17)18-6-9-4-8-5-10(16)2-3-11(8)20-14(9)22/h2-5,7H,6H2,1H3,(H,20,22)(H3,17,18,19,21). The fraction of sp³-hybridized carbons (Fsp3) is 0.133. The SMILES string of the molecule is COc1cnc(NCc2cc3cc(Cl)ccc3[nH]c2=O)nc1N. The van der Waals surface area contributed by atoms with Gasteiger partial charge in [-0.3, -0.25) is 4.79 Å². The molecule has 23 heavy (non-hydrogen) atoms. The van der Waals surface area contributed by atoms with Crippen molar-refractivity contribution >= 4 is 34.3 Å². The first kappa shape index (κ1) is 15.1. The predicted octanol–water partition coefficient (Wildman–Crippen LogP) is 2.17. The van der Waals surface area contributed by atoms with Crippen molar-refractivity contribution in [3.8, 4) is 5.75 Å². The summed E-state index contributed by atoms with van der Waals surface area (Å²) >= 11 is 5.98. The van der Waals surface area contributed by atoms with E-state index in [9.17, 15) is 4.79 Å². The molecule has 3 aromatic rings. The van der Waals surface area contributed by atoms with Gasteiger partial charge in [-0.15, -0.1) is 0 Å². The molecule has 0 aliphatic heterocycles. The molecule has 3 rings (SSSR count). The van der Waals surface area contributed by atoms with Crippen LogP contribution in [0.15, 0.2) is 35.3 Å². The lowest BCUT2D eigenvalue weighted by atomic mass is 10.1. The van der Waals surface area contributed by atoms with Gasteiger partial charge in [0.2, 0.25) is 5.95 Å². The number of fused-ring (bicyclic) bond motifs is 1. The maximum absolute atomic E-state index is 12.1. The van der Waals surface area contributed by atoms with Crippen LogP contribution < -0.4 is 21.3 Å². The topological polar surface area (TPSA) is 106 Å². The van der Waals surface area contributed by atoms with Crippen LogP contribution in [0.2, 0.25) is 5.02 Å². The molecule has 0 aliphatic rings. The van der Waals surface area contributed by atoms with E-state index in [2.05, 4.69) is 20.3 Å². The molecule has 0 fully saturated rings. The van der Waals surface area contributed by atoms with E-state index in [1.807, 2.05) is 0 Å². The van der Waals surface area contributed by atoms with Crippen molar-refractivity contribution in [3.63, 3.8) is 0 Å². The number of halogens is 1. The van der Waals surface area contributed by atoms with Crippen LogP contribution in [0.4, 0.5) is 11.8 Å². The van der Waals surface area contributed by atoms with Crippen molar-refractivity contribution in [3.05, 3.63) is 51.4 Å². The van der Waals surface area contributed by atoms with Crippen LogP contribution in [0.1, 0.15) is 5.56 Å². The number of nitrogen functional groups attached to an aromatic ring is 1. The third-order valence-corrected chi connectivity index (χ3v) is 3.56. The summed E-state index contributed by atoms with van der Waals surface area (Å²) in [6, 6.07) is 7.06. The molecule has 2 aromatic heterocycles. The number of ether oxygens (including phenoxy) is 1. The van der Waals surface area contributed by atoms with E-state index in [1.165, 1.54) is 13.3 Å². The summed E-state index contributed by atoms with van der Waals surface area (Å²) in [6.45, 7) is 0.254. The lowest BCUT2D eigenvalue weighted by molar-refractivity contribution is 0.413. The molecule has 7 nitrogen and oxygen atoms in total. The summed E-state index contributed by atoms with van der Waals surface area (Å²) < 4.78 is 5.00. The minimum Gasteiger partial charge on any atom is -0.491 e. The Bertz CT molecular complexity index is 925. The fourth-order valence-corrected chi connectivity index (χ4v) is 2.34. The second-order valence-electron chi connectivity index (χ2n) is 4.86. The Morgan fingerprint density at radius 1 is 1.39 bits per heavy atom.